The first-order chi connectivity index (χ1) is 13.6. The van der Waals surface area contributed by atoms with Gasteiger partial charge in [-0.2, -0.15) is 0 Å². The van der Waals surface area contributed by atoms with Crippen LogP contribution in [0.15, 0.2) is 33.9 Å². The fourth-order valence-electron chi connectivity index (χ4n) is 4.15. The lowest BCUT2D eigenvalue weighted by atomic mass is 9.73. The van der Waals surface area contributed by atoms with Gasteiger partial charge in [-0.25, -0.2) is 9.78 Å². The Kier molecular flexibility index (Phi) is 4.22. The van der Waals surface area contributed by atoms with Gasteiger partial charge in [-0.1, -0.05) is 26.0 Å². The number of nitrogens with zero attached hydrogens (tertiary/aromatic N) is 3. The zero-order valence-corrected chi connectivity index (χ0v) is 17.2. The predicted molar refractivity (Wildman–Crippen MR) is 111 cm³/mol. The topological polar surface area (TPSA) is 83.2 Å². The van der Waals surface area contributed by atoms with Crippen molar-refractivity contribution in [2.45, 2.75) is 26.7 Å². The van der Waals surface area contributed by atoms with E-state index in [0.29, 0.717) is 41.1 Å². The molecule has 7 nitrogen and oxygen atoms in total. The lowest BCUT2D eigenvalue weighted by Gasteiger charge is -2.31. The van der Waals surface area contributed by atoms with Crippen molar-refractivity contribution >= 4 is 16.8 Å². The molecule has 3 aromatic rings. The second-order valence-corrected chi connectivity index (χ2v) is 8.38. The zero-order chi connectivity index (χ0) is 21.1. The zero-order valence-electron chi connectivity index (χ0n) is 17.2. The highest BCUT2D eigenvalue weighted by molar-refractivity contribution is 6.10. The van der Waals surface area contributed by atoms with E-state index >= 15 is 0 Å². The molecule has 0 saturated heterocycles. The van der Waals surface area contributed by atoms with Crippen LogP contribution in [-0.4, -0.2) is 27.0 Å². The summed E-state index contributed by atoms with van der Waals surface area (Å²) >= 11 is 0. The Morgan fingerprint density at radius 1 is 0.966 bits per heavy atom. The van der Waals surface area contributed by atoms with E-state index in [1.165, 1.54) is 11.6 Å². The van der Waals surface area contributed by atoms with Gasteiger partial charge in [0, 0.05) is 31.6 Å². The fourth-order valence-corrected chi connectivity index (χ4v) is 4.15. The molecule has 0 spiro atoms. The van der Waals surface area contributed by atoms with E-state index in [0.717, 1.165) is 10.1 Å². The molecule has 29 heavy (non-hydrogen) atoms. The number of hydrogen-bond acceptors (Lipinski definition) is 5. The van der Waals surface area contributed by atoms with Crippen LogP contribution >= 0.6 is 0 Å². The molecule has 1 aliphatic rings. The second kappa shape index (κ2) is 6.40. The lowest BCUT2D eigenvalue weighted by molar-refractivity contribution is 0.0911. The van der Waals surface area contributed by atoms with Gasteiger partial charge in [-0.05, 0) is 29.5 Å². The third-order valence-electron chi connectivity index (χ3n) is 5.61. The van der Waals surface area contributed by atoms with Gasteiger partial charge in [-0.3, -0.25) is 18.7 Å². The molecule has 0 saturated carbocycles. The molecule has 2 aromatic heterocycles. The second-order valence-electron chi connectivity index (χ2n) is 8.38. The summed E-state index contributed by atoms with van der Waals surface area (Å²) in [5.41, 5.74) is 1.54. The Balaban J connectivity index is 2.22. The molecule has 1 aromatic carbocycles. The van der Waals surface area contributed by atoms with Gasteiger partial charge in [-0.15, -0.1) is 0 Å². The van der Waals surface area contributed by atoms with Gasteiger partial charge < -0.3 is 4.74 Å². The molecule has 0 unspecified atom stereocenters. The first-order valence-corrected chi connectivity index (χ1v) is 9.45. The van der Waals surface area contributed by atoms with Crippen LogP contribution < -0.4 is 16.0 Å². The van der Waals surface area contributed by atoms with Gasteiger partial charge >= 0.3 is 5.69 Å². The molecule has 0 atom stereocenters. The number of Topliss-reactive ketones (excluding diaryl/α,β-unsaturated/α-hetero) is 1. The summed E-state index contributed by atoms with van der Waals surface area (Å²) in [6.45, 7) is 4.05. The van der Waals surface area contributed by atoms with E-state index in [1.54, 1.807) is 26.3 Å². The van der Waals surface area contributed by atoms with E-state index in [1.807, 2.05) is 26.0 Å². The molecule has 7 heteroatoms. The van der Waals surface area contributed by atoms with Crippen molar-refractivity contribution in [3.05, 3.63) is 56.4 Å². The number of ketones is 1. The predicted octanol–water partition coefficient (Wildman–Crippen LogP) is 2.46. The van der Waals surface area contributed by atoms with E-state index in [9.17, 15) is 14.4 Å². The van der Waals surface area contributed by atoms with Crippen LogP contribution in [0.2, 0.25) is 0 Å². The summed E-state index contributed by atoms with van der Waals surface area (Å²) in [6.07, 6.45) is 0.971. The van der Waals surface area contributed by atoms with E-state index in [4.69, 9.17) is 4.74 Å². The SMILES string of the molecule is COc1ccc(-c2c3c(nc4c2c(=O)n(C)c(=O)n4C)CC(C)(C)CC3=O)cc1. The highest BCUT2D eigenvalue weighted by atomic mass is 16.5. The maximum Gasteiger partial charge on any atom is 0.332 e. The average Bonchev–Trinajstić information content (AvgIpc) is 2.68. The number of rotatable bonds is 2. The highest BCUT2D eigenvalue weighted by Crippen LogP contribution is 2.40. The summed E-state index contributed by atoms with van der Waals surface area (Å²) in [5, 5.41) is 0.284. The fraction of sp³-hybridized carbons (Fsp3) is 0.364. The first-order valence-electron chi connectivity index (χ1n) is 9.45. The van der Waals surface area contributed by atoms with Crippen LogP contribution in [0.1, 0.15) is 36.3 Å². The van der Waals surface area contributed by atoms with Crippen LogP contribution in [0.3, 0.4) is 0 Å². The quantitative estimate of drug-likeness (QED) is 0.668. The molecular formula is C22H23N3O4. The molecule has 0 N–H and O–H groups in total. The van der Waals surface area contributed by atoms with Gasteiger partial charge in [0.1, 0.15) is 11.4 Å². The normalized spacial score (nSPS) is 15.4. The Labute approximate surface area is 167 Å². The van der Waals surface area contributed by atoms with Crippen molar-refractivity contribution in [1.29, 1.82) is 0 Å². The van der Waals surface area contributed by atoms with Gasteiger partial charge in [0.15, 0.2) is 5.78 Å². The first kappa shape index (κ1) is 19.1. The molecule has 0 fully saturated rings. The minimum Gasteiger partial charge on any atom is -0.497 e. The Bertz CT molecular complexity index is 1280. The van der Waals surface area contributed by atoms with Crippen molar-refractivity contribution in [2.75, 3.05) is 7.11 Å². The maximum absolute atomic E-state index is 13.2. The standard InChI is InChI=1S/C22H23N3O4/c1-22(2)10-14-17(15(26)11-22)16(12-6-8-13(29-5)9-7-12)18-19(23-14)24(3)21(28)25(4)20(18)27/h6-9H,10-11H2,1-5H3. The monoisotopic (exact) mass is 393 g/mol. The number of hydrogen-bond donors (Lipinski definition) is 0. The number of fused-ring (bicyclic) bond motifs is 2. The molecule has 1 aliphatic carbocycles. The number of benzene rings is 1. The number of pyridine rings is 1. The average molecular weight is 393 g/mol. The summed E-state index contributed by atoms with van der Waals surface area (Å²) in [4.78, 5) is 43.4. The van der Waals surface area contributed by atoms with Crippen LogP contribution in [0.25, 0.3) is 22.2 Å². The molecule has 150 valence electrons. The van der Waals surface area contributed by atoms with Gasteiger partial charge in [0.05, 0.1) is 18.2 Å². The smallest absolute Gasteiger partial charge is 0.332 e. The van der Waals surface area contributed by atoms with E-state index in [-0.39, 0.29) is 16.6 Å². The van der Waals surface area contributed by atoms with Gasteiger partial charge in [0.2, 0.25) is 0 Å². The van der Waals surface area contributed by atoms with Gasteiger partial charge in [0.25, 0.3) is 5.56 Å². The van der Waals surface area contributed by atoms with Crippen molar-refractivity contribution in [3.8, 4) is 16.9 Å². The molecule has 0 aliphatic heterocycles. The molecule has 0 radical (unpaired) electrons. The molecule has 2 heterocycles. The summed E-state index contributed by atoms with van der Waals surface area (Å²) in [7, 11) is 4.61. The van der Waals surface area contributed by atoms with E-state index < -0.39 is 11.2 Å². The number of carbonyl (C=O) groups excluding carboxylic acids is 1. The van der Waals surface area contributed by atoms with Crippen LogP contribution in [0, 0.1) is 5.41 Å². The Hall–Kier alpha value is -3.22. The van der Waals surface area contributed by atoms with Crippen molar-refractivity contribution in [2.24, 2.45) is 19.5 Å². The van der Waals surface area contributed by atoms with Crippen molar-refractivity contribution < 1.29 is 9.53 Å². The summed E-state index contributed by atoms with van der Waals surface area (Å²) in [5.74, 6) is 0.640. The highest BCUT2D eigenvalue weighted by Gasteiger charge is 2.36. The lowest BCUT2D eigenvalue weighted by Crippen LogP contribution is -2.38. The van der Waals surface area contributed by atoms with Crippen LogP contribution in [0.4, 0.5) is 0 Å². The summed E-state index contributed by atoms with van der Waals surface area (Å²) < 4.78 is 7.67. The minimum atomic E-state index is -0.457. The molecule has 0 bridgehead atoms. The maximum atomic E-state index is 13.2. The molecular weight excluding hydrogens is 370 g/mol. The van der Waals surface area contributed by atoms with Crippen molar-refractivity contribution in [3.63, 3.8) is 0 Å². The van der Waals surface area contributed by atoms with Crippen LogP contribution in [-0.2, 0) is 20.5 Å². The summed E-state index contributed by atoms with van der Waals surface area (Å²) in [6, 6.07) is 7.23. The molecule has 0 amide bonds. The largest absolute Gasteiger partial charge is 0.497 e. The third kappa shape index (κ3) is 2.88. The van der Waals surface area contributed by atoms with E-state index in [2.05, 4.69) is 4.98 Å². The number of aromatic nitrogens is 3. The number of carbonyl (C=O) groups is 1. The number of ether oxygens (including phenoxy) is 1. The minimum absolute atomic E-state index is 0.0348. The Morgan fingerprint density at radius 2 is 1.62 bits per heavy atom. The molecule has 4 rings (SSSR count). The van der Waals surface area contributed by atoms with Crippen LogP contribution in [0.5, 0.6) is 5.75 Å². The number of methoxy groups -OCH3 is 1. The Morgan fingerprint density at radius 3 is 2.24 bits per heavy atom. The third-order valence-corrected chi connectivity index (χ3v) is 5.61. The van der Waals surface area contributed by atoms with Crippen molar-refractivity contribution in [1.82, 2.24) is 14.1 Å². The number of aryl methyl sites for hydroxylation is 1.